The average Bonchev–Trinajstić information content (AvgIpc) is 2.38. The number of para-hydroxylation sites is 1. The Bertz CT molecular complexity index is 643. The molecule has 0 spiro atoms. The molecule has 0 unspecified atom stereocenters. The maximum Gasteiger partial charge on any atom is 0.250 e. The molecule has 0 aliphatic rings. The van der Waals surface area contributed by atoms with Crippen LogP contribution in [0.25, 0.3) is 0 Å². The highest BCUT2D eigenvalue weighted by molar-refractivity contribution is 6.30. The Morgan fingerprint density at radius 3 is 2.60 bits per heavy atom. The number of anilines is 2. The molecular formula is C15H16ClN3O. The molecule has 2 aromatic rings. The van der Waals surface area contributed by atoms with E-state index in [1.54, 1.807) is 12.1 Å². The summed E-state index contributed by atoms with van der Waals surface area (Å²) in [5, 5.41) is 0.690. The molecule has 104 valence electrons. The summed E-state index contributed by atoms with van der Waals surface area (Å²) in [6.45, 7) is 0.632. The summed E-state index contributed by atoms with van der Waals surface area (Å²) < 4.78 is 0. The van der Waals surface area contributed by atoms with Crippen LogP contribution in [0.5, 0.6) is 0 Å². The predicted molar refractivity (Wildman–Crippen MR) is 82.9 cm³/mol. The van der Waals surface area contributed by atoms with Crippen molar-refractivity contribution in [3.8, 4) is 0 Å². The zero-order valence-electron chi connectivity index (χ0n) is 11.1. The number of halogens is 1. The van der Waals surface area contributed by atoms with E-state index in [0.717, 1.165) is 11.3 Å². The van der Waals surface area contributed by atoms with Crippen LogP contribution in [-0.4, -0.2) is 13.0 Å². The third-order valence-corrected chi connectivity index (χ3v) is 3.30. The molecule has 2 rings (SSSR count). The average molecular weight is 290 g/mol. The molecule has 20 heavy (non-hydrogen) atoms. The predicted octanol–water partition coefficient (Wildman–Crippen LogP) is 2.66. The van der Waals surface area contributed by atoms with Gasteiger partial charge in [0.1, 0.15) is 0 Å². The summed E-state index contributed by atoms with van der Waals surface area (Å²) in [6.07, 6.45) is 0. The van der Waals surface area contributed by atoms with E-state index in [-0.39, 0.29) is 0 Å². The molecule has 1 amide bonds. The number of carbonyl (C=O) groups is 1. The zero-order chi connectivity index (χ0) is 14.7. The number of rotatable bonds is 4. The molecule has 0 atom stereocenters. The first-order valence-electron chi connectivity index (χ1n) is 6.13. The lowest BCUT2D eigenvalue weighted by Gasteiger charge is -2.22. The maximum absolute atomic E-state index is 11.3. The molecule has 0 aliphatic carbocycles. The monoisotopic (exact) mass is 289 g/mol. The van der Waals surface area contributed by atoms with Gasteiger partial charge in [0.25, 0.3) is 5.91 Å². The van der Waals surface area contributed by atoms with Gasteiger partial charge >= 0.3 is 0 Å². The van der Waals surface area contributed by atoms with E-state index in [1.807, 2.05) is 42.3 Å². The molecule has 0 saturated carbocycles. The number of primary amides is 1. The zero-order valence-corrected chi connectivity index (χ0v) is 11.9. The van der Waals surface area contributed by atoms with Crippen LogP contribution in [-0.2, 0) is 6.54 Å². The molecule has 0 radical (unpaired) electrons. The summed E-state index contributed by atoms with van der Waals surface area (Å²) in [5.41, 5.74) is 13.9. The van der Waals surface area contributed by atoms with Gasteiger partial charge in [-0.25, -0.2) is 0 Å². The third-order valence-electron chi connectivity index (χ3n) is 3.07. The second-order valence-electron chi connectivity index (χ2n) is 4.59. The van der Waals surface area contributed by atoms with Gasteiger partial charge in [0.2, 0.25) is 0 Å². The summed E-state index contributed by atoms with van der Waals surface area (Å²) >= 11 is 5.97. The van der Waals surface area contributed by atoms with Crippen LogP contribution in [0.15, 0.2) is 42.5 Å². The highest BCUT2D eigenvalue weighted by Gasteiger charge is 2.12. The van der Waals surface area contributed by atoms with E-state index < -0.39 is 5.91 Å². The first-order chi connectivity index (χ1) is 9.49. The minimum atomic E-state index is -0.527. The number of nitrogens with two attached hydrogens (primary N) is 2. The molecule has 4 nitrogen and oxygen atoms in total. The van der Waals surface area contributed by atoms with Crippen molar-refractivity contribution in [1.82, 2.24) is 0 Å². The number of hydrogen-bond acceptors (Lipinski definition) is 3. The molecule has 0 aromatic heterocycles. The van der Waals surface area contributed by atoms with Crippen molar-refractivity contribution in [2.45, 2.75) is 6.54 Å². The lowest BCUT2D eigenvalue weighted by atomic mass is 10.1. The normalized spacial score (nSPS) is 10.3. The van der Waals surface area contributed by atoms with Gasteiger partial charge < -0.3 is 16.4 Å². The summed E-state index contributed by atoms with van der Waals surface area (Å²) in [6, 6.07) is 12.8. The standard InChI is InChI=1S/C15H16ClN3O/c1-19(9-10-4-2-5-11(16)8-10)13-7-3-6-12(14(13)17)15(18)20/h2-8H,9,17H2,1H3,(H2,18,20). The Morgan fingerprint density at radius 2 is 1.95 bits per heavy atom. The van der Waals surface area contributed by atoms with Crippen LogP contribution in [0.1, 0.15) is 15.9 Å². The van der Waals surface area contributed by atoms with Gasteiger partial charge in [-0.15, -0.1) is 0 Å². The van der Waals surface area contributed by atoms with Crippen molar-refractivity contribution >= 4 is 28.9 Å². The topological polar surface area (TPSA) is 72.3 Å². The summed E-state index contributed by atoms with van der Waals surface area (Å²) in [7, 11) is 1.90. The van der Waals surface area contributed by atoms with Crippen molar-refractivity contribution in [3.63, 3.8) is 0 Å². The third kappa shape index (κ3) is 3.03. The van der Waals surface area contributed by atoms with Gasteiger partial charge in [-0.1, -0.05) is 29.8 Å². The van der Waals surface area contributed by atoms with Gasteiger partial charge in [0.15, 0.2) is 0 Å². The Balaban J connectivity index is 2.28. The quantitative estimate of drug-likeness (QED) is 0.850. The Morgan fingerprint density at radius 1 is 1.25 bits per heavy atom. The fraction of sp³-hybridized carbons (Fsp3) is 0.133. The SMILES string of the molecule is CN(Cc1cccc(Cl)c1)c1cccc(C(N)=O)c1N. The fourth-order valence-electron chi connectivity index (χ4n) is 2.10. The smallest absolute Gasteiger partial charge is 0.250 e. The second kappa shape index (κ2) is 5.84. The van der Waals surface area contributed by atoms with Crippen molar-refractivity contribution in [1.29, 1.82) is 0 Å². The number of amides is 1. The highest BCUT2D eigenvalue weighted by Crippen LogP contribution is 2.27. The molecular weight excluding hydrogens is 274 g/mol. The Kier molecular flexibility index (Phi) is 4.15. The molecule has 0 bridgehead atoms. The maximum atomic E-state index is 11.3. The number of benzene rings is 2. The van der Waals surface area contributed by atoms with Crippen LogP contribution in [0.2, 0.25) is 5.02 Å². The van der Waals surface area contributed by atoms with Crippen LogP contribution >= 0.6 is 11.6 Å². The van der Waals surface area contributed by atoms with E-state index in [4.69, 9.17) is 23.1 Å². The van der Waals surface area contributed by atoms with Crippen molar-refractivity contribution in [2.24, 2.45) is 5.73 Å². The number of carbonyl (C=O) groups excluding carboxylic acids is 1. The van der Waals surface area contributed by atoms with Crippen LogP contribution in [0, 0.1) is 0 Å². The first kappa shape index (κ1) is 14.2. The fourth-order valence-corrected chi connectivity index (χ4v) is 2.31. The highest BCUT2D eigenvalue weighted by atomic mass is 35.5. The lowest BCUT2D eigenvalue weighted by molar-refractivity contribution is 0.100. The Hall–Kier alpha value is -2.20. The molecule has 4 N–H and O–H groups in total. The largest absolute Gasteiger partial charge is 0.396 e. The van der Waals surface area contributed by atoms with E-state index in [2.05, 4.69) is 0 Å². The molecule has 0 fully saturated rings. The second-order valence-corrected chi connectivity index (χ2v) is 5.03. The van der Waals surface area contributed by atoms with E-state index in [1.165, 1.54) is 0 Å². The van der Waals surface area contributed by atoms with Crippen LogP contribution in [0.3, 0.4) is 0 Å². The first-order valence-corrected chi connectivity index (χ1v) is 6.50. The lowest BCUT2D eigenvalue weighted by Crippen LogP contribution is -2.20. The summed E-state index contributed by atoms with van der Waals surface area (Å²) in [5.74, 6) is -0.527. The number of nitrogens with zero attached hydrogens (tertiary/aromatic N) is 1. The molecule has 0 heterocycles. The van der Waals surface area contributed by atoms with E-state index >= 15 is 0 Å². The molecule has 0 saturated heterocycles. The number of hydrogen-bond donors (Lipinski definition) is 2. The molecule has 0 aliphatic heterocycles. The minimum absolute atomic E-state index is 0.334. The van der Waals surface area contributed by atoms with Gasteiger partial charge in [0.05, 0.1) is 16.9 Å². The van der Waals surface area contributed by atoms with Crippen LogP contribution < -0.4 is 16.4 Å². The van der Waals surface area contributed by atoms with Gasteiger partial charge in [-0.3, -0.25) is 4.79 Å². The van der Waals surface area contributed by atoms with E-state index in [0.29, 0.717) is 22.8 Å². The molecule has 2 aromatic carbocycles. The molecule has 5 heteroatoms. The van der Waals surface area contributed by atoms with Gasteiger partial charge in [-0.2, -0.15) is 0 Å². The number of nitrogen functional groups attached to an aromatic ring is 1. The Labute approximate surface area is 122 Å². The van der Waals surface area contributed by atoms with Crippen molar-refractivity contribution < 1.29 is 4.79 Å². The van der Waals surface area contributed by atoms with E-state index in [9.17, 15) is 4.79 Å². The van der Waals surface area contributed by atoms with Gasteiger partial charge in [-0.05, 0) is 29.8 Å². The van der Waals surface area contributed by atoms with Gasteiger partial charge in [0, 0.05) is 18.6 Å². The minimum Gasteiger partial charge on any atom is -0.396 e. The van der Waals surface area contributed by atoms with Crippen molar-refractivity contribution in [2.75, 3.05) is 17.7 Å². The van der Waals surface area contributed by atoms with Crippen molar-refractivity contribution in [3.05, 3.63) is 58.6 Å². The van der Waals surface area contributed by atoms with Crippen LogP contribution in [0.4, 0.5) is 11.4 Å². The summed E-state index contributed by atoms with van der Waals surface area (Å²) in [4.78, 5) is 13.3.